The summed E-state index contributed by atoms with van der Waals surface area (Å²) in [6.45, 7) is 1.02. The highest BCUT2D eigenvalue weighted by molar-refractivity contribution is 5.84. The van der Waals surface area contributed by atoms with Crippen LogP contribution in [0.2, 0.25) is 0 Å². The van der Waals surface area contributed by atoms with Gasteiger partial charge in [0.25, 0.3) is 0 Å². The van der Waals surface area contributed by atoms with E-state index in [0.717, 1.165) is 28.5 Å². The molecule has 1 saturated carbocycles. The Bertz CT molecular complexity index is 1240. The normalized spacial score (nSPS) is 17.7. The van der Waals surface area contributed by atoms with Crippen LogP contribution in [0.25, 0.3) is 10.9 Å². The molecule has 3 atom stereocenters. The van der Waals surface area contributed by atoms with E-state index in [1.54, 1.807) is 0 Å². The number of fused-ring (bicyclic) bond motifs is 1. The van der Waals surface area contributed by atoms with Crippen molar-refractivity contribution in [2.75, 3.05) is 6.54 Å². The number of amides is 2. The van der Waals surface area contributed by atoms with E-state index in [-0.39, 0.29) is 18.6 Å². The maximum atomic E-state index is 13.3. The first-order valence-electron chi connectivity index (χ1n) is 13.2. The van der Waals surface area contributed by atoms with E-state index in [2.05, 4.69) is 32.7 Å². The van der Waals surface area contributed by atoms with E-state index < -0.39 is 24.0 Å². The SMILES string of the molecule is Cn1ccc2cccc(CN[C@@H](CCCNC(=O)OCc3ccccc3)C(=O)N[C@H]3CCC[C@H]3C(=O)O)c21. The first-order chi connectivity index (χ1) is 18.4. The lowest BCUT2D eigenvalue weighted by atomic mass is 10.0. The Morgan fingerprint density at radius 1 is 1.08 bits per heavy atom. The number of nitrogens with zero attached hydrogens (tertiary/aromatic N) is 1. The smallest absolute Gasteiger partial charge is 0.407 e. The number of carbonyl (C=O) groups is 3. The molecular weight excluding hydrogens is 484 g/mol. The van der Waals surface area contributed by atoms with Gasteiger partial charge in [-0.05, 0) is 48.3 Å². The second kappa shape index (κ2) is 13.1. The van der Waals surface area contributed by atoms with Crippen molar-refractivity contribution in [3.05, 3.63) is 71.9 Å². The lowest BCUT2D eigenvalue weighted by Crippen LogP contribution is -2.49. The minimum absolute atomic E-state index is 0.191. The summed E-state index contributed by atoms with van der Waals surface area (Å²) in [5, 5.41) is 19.7. The molecule has 9 heteroatoms. The average Bonchev–Trinajstić information content (AvgIpc) is 3.54. The molecule has 3 aromatic rings. The highest BCUT2D eigenvalue weighted by Crippen LogP contribution is 2.26. The summed E-state index contributed by atoms with van der Waals surface area (Å²) in [5.74, 6) is -1.64. The number of para-hydroxylation sites is 1. The minimum Gasteiger partial charge on any atom is -0.481 e. The Hall–Kier alpha value is -3.85. The van der Waals surface area contributed by atoms with Gasteiger partial charge < -0.3 is 30.4 Å². The van der Waals surface area contributed by atoms with Crippen molar-refractivity contribution in [3.63, 3.8) is 0 Å². The van der Waals surface area contributed by atoms with Gasteiger partial charge in [-0.1, -0.05) is 55.0 Å². The number of hydrogen-bond acceptors (Lipinski definition) is 5. The summed E-state index contributed by atoms with van der Waals surface area (Å²) in [6.07, 6.45) is 4.53. The molecule has 202 valence electrons. The number of aliphatic carboxylic acids is 1. The van der Waals surface area contributed by atoms with Crippen LogP contribution in [0.4, 0.5) is 4.79 Å². The number of alkyl carbamates (subject to hydrolysis) is 1. The van der Waals surface area contributed by atoms with Gasteiger partial charge in [0.15, 0.2) is 0 Å². The number of ether oxygens (including phenoxy) is 1. The van der Waals surface area contributed by atoms with Crippen molar-refractivity contribution >= 4 is 28.9 Å². The third-order valence-electron chi connectivity index (χ3n) is 7.15. The quantitative estimate of drug-likeness (QED) is 0.270. The van der Waals surface area contributed by atoms with Crippen molar-refractivity contribution in [1.82, 2.24) is 20.5 Å². The zero-order valence-corrected chi connectivity index (χ0v) is 21.7. The van der Waals surface area contributed by atoms with Crippen LogP contribution in [0.1, 0.15) is 43.2 Å². The second-order valence-electron chi connectivity index (χ2n) is 9.84. The maximum absolute atomic E-state index is 13.3. The molecule has 4 rings (SSSR count). The molecule has 0 spiro atoms. The van der Waals surface area contributed by atoms with Crippen molar-refractivity contribution in [2.45, 2.75) is 57.3 Å². The fraction of sp³-hybridized carbons (Fsp3) is 0.414. The Morgan fingerprint density at radius 3 is 2.68 bits per heavy atom. The molecular formula is C29H36N4O5. The molecule has 0 unspecified atom stereocenters. The molecule has 0 bridgehead atoms. The van der Waals surface area contributed by atoms with Gasteiger partial charge >= 0.3 is 12.1 Å². The molecule has 1 fully saturated rings. The number of rotatable bonds is 12. The molecule has 4 N–H and O–H groups in total. The zero-order valence-electron chi connectivity index (χ0n) is 21.7. The summed E-state index contributed by atoms with van der Waals surface area (Å²) in [5.41, 5.74) is 3.08. The molecule has 0 aliphatic heterocycles. The topological polar surface area (TPSA) is 122 Å². The largest absolute Gasteiger partial charge is 0.481 e. The Balaban J connectivity index is 1.33. The molecule has 2 amide bonds. The Kier molecular flexibility index (Phi) is 9.37. The molecule has 0 saturated heterocycles. The summed E-state index contributed by atoms with van der Waals surface area (Å²) in [4.78, 5) is 37.0. The Labute approximate surface area is 222 Å². The van der Waals surface area contributed by atoms with Crippen molar-refractivity contribution in [1.29, 1.82) is 0 Å². The lowest BCUT2D eigenvalue weighted by Gasteiger charge is -2.23. The van der Waals surface area contributed by atoms with Crippen LogP contribution < -0.4 is 16.0 Å². The third-order valence-corrected chi connectivity index (χ3v) is 7.15. The van der Waals surface area contributed by atoms with Crippen LogP contribution in [0.5, 0.6) is 0 Å². The first kappa shape index (κ1) is 27.2. The van der Waals surface area contributed by atoms with E-state index in [0.29, 0.717) is 38.8 Å². The third kappa shape index (κ3) is 7.13. The van der Waals surface area contributed by atoms with Crippen LogP contribution in [0, 0.1) is 5.92 Å². The van der Waals surface area contributed by atoms with E-state index in [1.165, 1.54) is 0 Å². The molecule has 9 nitrogen and oxygen atoms in total. The summed E-state index contributed by atoms with van der Waals surface area (Å²) in [6, 6.07) is 16.7. The van der Waals surface area contributed by atoms with Gasteiger partial charge in [-0.15, -0.1) is 0 Å². The van der Waals surface area contributed by atoms with Gasteiger partial charge in [0, 0.05) is 32.4 Å². The fourth-order valence-corrected chi connectivity index (χ4v) is 5.13. The van der Waals surface area contributed by atoms with Crippen LogP contribution in [0.3, 0.4) is 0 Å². The number of hydrogen-bond donors (Lipinski definition) is 4. The van der Waals surface area contributed by atoms with Gasteiger partial charge in [0.05, 0.1) is 17.5 Å². The summed E-state index contributed by atoms with van der Waals surface area (Å²) < 4.78 is 7.31. The van der Waals surface area contributed by atoms with Crippen molar-refractivity contribution in [2.24, 2.45) is 13.0 Å². The molecule has 1 aliphatic rings. The second-order valence-corrected chi connectivity index (χ2v) is 9.84. The van der Waals surface area contributed by atoms with Gasteiger partial charge in [-0.3, -0.25) is 9.59 Å². The van der Waals surface area contributed by atoms with Gasteiger partial charge in [0.1, 0.15) is 6.61 Å². The summed E-state index contributed by atoms with van der Waals surface area (Å²) in [7, 11) is 1.99. The number of carboxylic acid groups (broad SMARTS) is 1. The molecule has 2 aromatic carbocycles. The van der Waals surface area contributed by atoms with E-state index in [1.807, 2.05) is 55.7 Å². The predicted molar refractivity (Wildman–Crippen MR) is 144 cm³/mol. The predicted octanol–water partition coefficient (Wildman–Crippen LogP) is 3.71. The number of nitrogens with one attached hydrogen (secondary N) is 3. The lowest BCUT2D eigenvalue weighted by molar-refractivity contribution is -0.142. The monoisotopic (exact) mass is 520 g/mol. The zero-order chi connectivity index (χ0) is 26.9. The van der Waals surface area contributed by atoms with Gasteiger partial charge in [-0.25, -0.2) is 4.79 Å². The van der Waals surface area contributed by atoms with Crippen LogP contribution in [-0.2, 0) is 34.5 Å². The minimum atomic E-state index is -0.870. The molecule has 1 aliphatic carbocycles. The van der Waals surface area contributed by atoms with E-state index >= 15 is 0 Å². The number of carbonyl (C=O) groups excluding carboxylic acids is 2. The highest BCUT2D eigenvalue weighted by Gasteiger charge is 2.35. The molecule has 38 heavy (non-hydrogen) atoms. The van der Waals surface area contributed by atoms with Crippen molar-refractivity contribution in [3.8, 4) is 0 Å². The standard InChI is InChI=1S/C29H36N4O5/c1-33-17-15-21-10-5-11-22(26(21)33)18-31-25(27(34)32-24-13-6-12-23(24)28(35)36)14-7-16-30-29(37)38-19-20-8-3-2-4-9-20/h2-5,8-11,15,17,23-25,31H,6-7,12-14,16,18-19H2,1H3,(H,30,37)(H,32,34)(H,35,36)/t23-,24+,25+/m1/s1. The Morgan fingerprint density at radius 2 is 1.89 bits per heavy atom. The van der Waals surface area contributed by atoms with E-state index in [4.69, 9.17) is 4.74 Å². The van der Waals surface area contributed by atoms with Gasteiger partial charge in [0.2, 0.25) is 5.91 Å². The van der Waals surface area contributed by atoms with Crippen LogP contribution >= 0.6 is 0 Å². The number of aromatic nitrogens is 1. The number of aryl methyl sites for hydroxylation is 1. The molecule has 1 heterocycles. The molecule has 0 radical (unpaired) electrons. The molecule has 1 aromatic heterocycles. The van der Waals surface area contributed by atoms with Crippen molar-refractivity contribution < 1.29 is 24.2 Å². The fourth-order valence-electron chi connectivity index (χ4n) is 5.13. The van der Waals surface area contributed by atoms with Crippen LogP contribution in [0.15, 0.2) is 60.8 Å². The summed E-state index contributed by atoms with van der Waals surface area (Å²) >= 11 is 0. The highest BCUT2D eigenvalue weighted by atomic mass is 16.5. The van der Waals surface area contributed by atoms with Gasteiger partial charge in [-0.2, -0.15) is 0 Å². The first-order valence-corrected chi connectivity index (χ1v) is 13.2. The number of carboxylic acids is 1. The maximum Gasteiger partial charge on any atom is 0.407 e. The average molecular weight is 521 g/mol. The van der Waals surface area contributed by atoms with Crippen LogP contribution in [-0.4, -0.2) is 46.3 Å². The number of benzene rings is 2. The van der Waals surface area contributed by atoms with E-state index in [9.17, 15) is 19.5 Å².